The van der Waals surface area contributed by atoms with E-state index < -0.39 is 0 Å². The summed E-state index contributed by atoms with van der Waals surface area (Å²) in [6, 6.07) is 6.39. The first-order valence-electron chi connectivity index (χ1n) is 6.59. The molecule has 0 unspecified atom stereocenters. The maximum Gasteiger partial charge on any atom is 0.0931 e. The minimum atomic E-state index is 0.521. The fourth-order valence-corrected chi connectivity index (χ4v) is 2.53. The fourth-order valence-electron chi connectivity index (χ4n) is 2.53. The Morgan fingerprint density at radius 3 is 3.00 bits per heavy atom. The zero-order valence-electron chi connectivity index (χ0n) is 10.8. The number of H-pyrrole nitrogens is 1. The summed E-state index contributed by atoms with van der Waals surface area (Å²) in [7, 11) is 2.03. The average molecular weight is 244 g/mol. The highest BCUT2D eigenvalue weighted by Crippen LogP contribution is 2.44. The molecule has 1 aromatic heterocycles. The molecule has 1 aliphatic carbocycles. The maximum atomic E-state index is 4.23. The highest BCUT2D eigenvalue weighted by Gasteiger charge is 2.41. The average Bonchev–Trinajstić information content (AvgIpc) is 2.97. The van der Waals surface area contributed by atoms with E-state index in [2.05, 4.69) is 38.8 Å². The Labute approximate surface area is 107 Å². The van der Waals surface area contributed by atoms with Crippen molar-refractivity contribution in [2.75, 3.05) is 20.1 Å². The van der Waals surface area contributed by atoms with Gasteiger partial charge >= 0.3 is 0 Å². The normalized spacial score (nSPS) is 17.2. The molecule has 0 radical (unpaired) electrons. The van der Waals surface area contributed by atoms with Crippen molar-refractivity contribution in [3.8, 4) is 0 Å². The van der Waals surface area contributed by atoms with Gasteiger partial charge in [0.25, 0.3) is 0 Å². The van der Waals surface area contributed by atoms with Crippen LogP contribution in [0.15, 0.2) is 24.5 Å². The number of imidazole rings is 1. The Morgan fingerprint density at radius 2 is 2.22 bits per heavy atom. The molecule has 2 aromatic rings. The van der Waals surface area contributed by atoms with Gasteiger partial charge in [-0.3, -0.25) is 0 Å². The van der Waals surface area contributed by atoms with Gasteiger partial charge in [0.1, 0.15) is 0 Å². The lowest BCUT2D eigenvalue weighted by molar-refractivity contribution is 0.438. The number of hydrogen-bond donors (Lipinski definition) is 3. The monoisotopic (exact) mass is 244 g/mol. The molecule has 0 saturated heterocycles. The topological polar surface area (TPSA) is 52.7 Å². The Kier molecular flexibility index (Phi) is 3.06. The summed E-state index contributed by atoms with van der Waals surface area (Å²) in [6.45, 7) is 3.16. The van der Waals surface area contributed by atoms with Crippen molar-refractivity contribution in [3.05, 3.63) is 30.1 Å². The van der Waals surface area contributed by atoms with Gasteiger partial charge in [0.05, 0.1) is 17.4 Å². The van der Waals surface area contributed by atoms with Gasteiger partial charge in [0.15, 0.2) is 0 Å². The van der Waals surface area contributed by atoms with Crippen LogP contribution in [0.3, 0.4) is 0 Å². The highest BCUT2D eigenvalue weighted by atomic mass is 14.9. The summed E-state index contributed by atoms with van der Waals surface area (Å²) in [5.41, 5.74) is 3.98. The van der Waals surface area contributed by atoms with Crippen molar-refractivity contribution < 1.29 is 0 Å². The lowest BCUT2D eigenvalue weighted by atomic mass is 10.1. The van der Waals surface area contributed by atoms with Crippen LogP contribution in [-0.2, 0) is 6.54 Å². The van der Waals surface area contributed by atoms with Gasteiger partial charge in [-0.2, -0.15) is 0 Å². The summed E-state index contributed by atoms with van der Waals surface area (Å²) in [6.07, 6.45) is 4.44. The SMILES string of the molecule is CNCC1(CNCc2ccc3nc[nH]c3c2)CC1. The van der Waals surface area contributed by atoms with Crippen LogP contribution >= 0.6 is 0 Å². The molecule has 3 N–H and O–H groups in total. The number of nitrogens with one attached hydrogen (secondary N) is 3. The van der Waals surface area contributed by atoms with Crippen LogP contribution in [0, 0.1) is 5.41 Å². The summed E-state index contributed by atoms with van der Waals surface area (Å²) in [4.78, 5) is 7.38. The molecule has 3 rings (SSSR count). The quantitative estimate of drug-likeness (QED) is 0.724. The summed E-state index contributed by atoms with van der Waals surface area (Å²) < 4.78 is 0. The Hall–Kier alpha value is -1.39. The van der Waals surface area contributed by atoms with Gasteiger partial charge in [-0.05, 0) is 43.0 Å². The van der Waals surface area contributed by atoms with E-state index in [4.69, 9.17) is 0 Å². The molecule has 0 amide bonds. The third kappa shape index (κ3) is 2.40. The smallest absolute Gasteiger partial charge is 0.0931 e. The minimum absolute atomic E-state index is 0.521. The molecule has 4 heteroatoms. The third-order valence-electron chi connectivity index (χ3n) is 3.82. The van der Waals surface area contributed by atoms with E-state index in [9.17, 15) is 0 Å². The van der Waals surface area contributed by atoms with Gasteiger partial charge < -0.3 is 15.6 Å². The molecule has 1 fully saturated rings. The molecule has 1 aliphatic rings. The van der Waals surface area contributed by atoms with E-state index in [1.807, 2.05) is 7.05 Å². The van der Waals surface area contributed by atoms with Gasteiger partial charge in [0.2, 0.25) is 0 Å². The maximum absolute atomic E-state index is 4.23. The van der Waals surface area contributed by atoms with Gasteiger partial charge in [-0.25, -0.2) is 4.98 Å². The number of fused-ring (bicyclic) bond motifs is 1. The Balaban J connectivity index is 1.56. The molecular formula is C14H20N4. The molecular weight excluding hydrogens is 224 g/mol. The molecule has 96 valence electrons. The van der Waals surface area contributed by atoms with Crippen LogP contribution in [0.5, 0.6) is 0 Å². The molecule has 1 heterocycles. The predicted octanol–water partition coefficient (Wildman–Crippen LogP) is 1.65. The van der Waals surface area contributed by atoms with E-state index >= 15 is 0 Å². The number of aromatic nitrogens is 2. The second-order valence-electron chi connectivity index (χ2n) is 5.39. The van der Waals surface area contributed by atoms with E-state index in [0.29, 0.717) is 5.41 Å². The van der Waals surface area contributed by atoms with Crippen molar-refractivity contribution in [3.63, 3.8) is 0 Å². The fraction of sp³-hybridized carbons (Fsp3) is 0.500. The lowest BCUT2D eigenvalue weighted by Crippen LogP contribution is -2.31. The van der Waals surface area contributed by atoms with Crippen LogP contribution in [0.1, 0.15) is 18.4 Å². The molecule has 1 saturated carbocycles. The number of nitrogens with zero attached hydrogens (tertiary/aromatic N) is 1. The Bertz CT molecular complexity index is 527. The lowest BCUT2D eigenvalue weighted by Gasteiger charge is -2.15. The zero-order valence-corrected chi connectivity index (χ0v) is 10.8. The summed E-state index contributed by atoms with van der Waals surface area (Å²) >= 11 is 0. The molecule has 0 atom stereocenters. The first-order valence-corrected chi connectivity index (χ1v) is 6.59. The predicted molar refractivity (Wildman–Crippen MR) is 73.4 cm³/mol. The summed E-state index contributed by atoms with van der Waals surface area (Å²) in [5.74, 6) is 0. The van der Waals surface area contributed by atoms with Gasteiger partial charge in [0, 0.05) is 19.6 Å². The van der Waals surface area contributed by atoms with Crippen LogP contribution in [0.25, 0.3) is 11.0 Å². The van der Waals surface area contributed by atoms with Crippen molar-refractivity contribution >= 4 is 11.0 Å². The number of benzene rings is 1. The second kappa shape index (κ2) is 4.71. The van der Waals surface area contributed by atoms with Crippen LogP contribution in [0.2, 0.25) is 0 Å². The number of aromatic amines is 1. The van der Waals surface area contributed by atoms with E-state index in [0.717, 1.165) is 30.7 Å². The summed E-state index contributed by atoms with van der Waals surface area (Å²) in [5, 5.41) is 6.86. The van der Waals surface area contributed by atoms with Crippen LogP contribution in [-0.4, -0.2) is 30.1 Å². The first-order chi connectivity index (χ1) is 8.81. The van der Waals surface area contributed by atoms with Crippen LogP contribution in [0.4, 0.5) is 0 Å². The second-order valence-corrected chi connectivity index (χ2v) is 5.39. The van der Waals surface area contributed by atoms with Crippen molar-refractivity contribution in [1.82, 2.24) is 20.6 Å². The molecule has 0 spiro atoms. The van der Waals surface area contributed by atoms with E-state index in [1.165, 1.54) is 18.4 Å². The zero-order chi connectivity index (χ0) is 12.4. The van der Waals surface area contributed by atoms with E-state index in [-0.39, 0.29) is 0 Å². The molecule has 4 nitrogen and oxygen atoms in total. The first kappa shape index (κ1) is 11.7. The largest absolute Gasteiger partial charge is 0.345 e. The van der Waals surface area contributed by atoms with Gasteiger partial charge in [-0.1, -0.05) is 6.07 Å². The van der Waals surface area contributed by atoms with Crippen molar-refractivity contribution in [2.24, 2.45) is 5.41 Å². The van der Waals surface area contributed by atoms with Gasteiger partial charge in [-0.15, -0.1) is 0 Å². The molecule has 0 aliphatic heterocycles. The Morgan fingerprint density at radius 1 is 1.33 bits per heavy atom. The van der Waals surface area contributed by atoms with Crippen LogP contribution < -0.4 is 10.6 Å². The highest BCUT2D eigenvalue weighted by molar-refractivity contribution is 5.74. The van der Waals surface area contributed by atoms with Crippen molar-refractivity contribution in [2.45, 2.75) is 19.4 Å². The van der Waals surface area contributed by atoms with E-state index in [1.54, 1.807) is 6.33 Å². The number of hydrogen-bond acceptors (Lipinski definition) is 3. The molecule has 0 bridgehead atoms. The molecule has 1 aromatic carbocycles. The number of rotatable bonds is 6. The minimum Gasteiger partial charge on any atom is -0.345 e. The molecule has 18 heavy (non-hydrogen) atoms. The third-order valence-corrected chi connectivity index (χ3v) is 3.82. The van der Waals surface area contributed by atoms with Crippen molar-refractivity contribution in [1.29, 1.82) is 0 Å². The standard InChI is InChI=1S/C14H20N4/c1-15-8-14(4-5-14)9-16-7-11-2-3-12-13(6-11)18-10-17-12/h2-3,6,10,15-16H,4-5,7-9H2,1H3,(H,17,18).